The number of pyridine rings is 1. The lowest BCUT2D eigenvalue weighted by atomic mass is 9.68. The Labute approximate surface area is 184 Å². The van der Waals surface area contributed by atoms with Crippen molar-refractivity contribution in [3.8, 4) is 11.1 Å². The Hall–Kier alpha value is -3.49. The van der Waals surface area contributed by atoms with Crippen molar-refractivity contribution in [2.24, 2.45) is 5.41 Å². The highest BCUT2D eigenvalue weighted by atomic mass is 19.1. The number of halogens is 1. The number of carbonyl (C=O) groups is 2. The van der Waals surface area contributed by atoms with Gasteiger partial charge in [-0.15, -0.1) is 0 Å². The van der Waals surface area contributed by atoms with Gasteiger partial charge in [0.2, 0.25) is 5.95 Å². The highest BCUT2D eigenvalue weighted by molar-refractivity contribution is 6.06. The maximum absolute atomic E-state index is 14.2. The quantitative estimate of drug-likeness (QED) is 0.533. The second-order valence-electron chi connectivity index (χ2n) is 9.23. The van der Waals surface area contributed by atoms with Gasteiger partial charge in [-0.3, -0.25) is 9.89 Å². The van der Waals surface area contributed by atoms with Crippen LogP contribution in [0.5, 0.6) is 0 Å². The molecule has 0 atom stereocenters. The van der Waals surface area contributed by atoms with E-state index in [1.165, 1.54) is 11.1 Å². The number of likely N-dealkylation sites (tertiary alicyclic amines) is 1. The molecule has 0 aliphatic carbocycles. The molecule has 0 spiro atoms. The third kappa shape index (κ3) is 3.79. The summed E-state index contributed by atoms with van der Waals surface area (Å²) in [6.45, 7) is 6.80. The zero-order valence-corrected chi connectivity index (χ0v) is 18.3. The smallest absolute Gasteiger partial charge is 0.407 e. The molecule has 1 saturated heterocycles. The topological polar surface area (TPSA) is 111 Å². The molecule has 0 unspecified atom stereocenters. The second-order valence-corrected chi connectivity index (χ2v) is 9.23. The molecule has 2 amide bonds. The van der Waals surface area contributed by atoms with Crippen LogP contribution in [0, 0.1) is 11.4 Å². The number of carbonyl (C=O) groups excluding carboxylic acids is 1. The summed E-state index contributed by atoms with van der Waals surface area (Å²) in [4.78, 5) is 29.8. The van der Waals surface area contributed by atoms with Crippen molar-refractivity contribution in [2.75, 3.05) is 13.1 Å². The van der Waals surface area contributed by atoms with Gasteiger partial charge in [0.25, 0.3) is 5.91 Å². The van der Waals surface area contributed by atoms with Crippen molar-refractivity contribution in [1.82, 2.24) is 25.4 Å². The van der Waals surface area contributed by atoms with Gasteiger partial charge >= 0.3 is 6.09 Å². The minimum atomic E-state index is -0.952. The average Bonchev–Trinajstić information content (AvgIpc) is 3.17. The molecule has 3 N–H and O–H groups in total. The van der Waals surface area contributed by atoms with E-state index in [9.17, 15) is 19.1 Å². The first-order chi connectivity index (χ1) is 15.1. The number of hydrogen-bond donors (Lipinski definition) is 3. The van der Waals surface area contributed by atoms with Gasteiger partial charge in [0.1, 0.15) is 0 Å². The summed E-state index contributed by atoms with van der Waals surface area (Å²) in [6.07, 6.45) is 1.44. The van der Waals surface area contributed by atoms with Crippen molar-refractivity contribution >= 4 is 22.9 Å². The summed E-state index contributed by atoms with van der Waals surface area (Å²) < 4.78 is 14.2. The zero-order chi connectivity index (χ0) is 23.1. The molecule has 0 bridgehead atoms. The summed E-state index contributed by atoms with van der Waals surface area (Å²) in [5.41, 5.74) is 0.926. The molecule has 9 heteroatoms. The minimum absolute atomic E-state index is 0.218. The lowest BCUT2D eigenvalue weighted by Crippen LogP contribution is -2.62. The minimum Gasteiger partial charge on any atom is -0.465 e. The predicted octanol–water partition coefficient (Wildman–Crippen LogP) is 4.05. The molecule has 32 heavy (non-hydrogen) atoms. The average molecular weight is 439 g/mol. The van der Waals surface area contributed by atoms with E-state index in [-0.39, 0.29) is 17.0 Å². The van der Waals surface area contributed by atoms with E-state index in [0.29, 0.717) is 48.0 Å². The Morgan fingerprint density at radius 2 is 1.94 bits per heavy atom. The molecule has 8 nitrogen and oxygen atoms in total. The molecule has 2 aromatic heterocycles. The van der Waals surface area contributed by atoms with Crippen LogP contribution in [0.15, 0.2) is 36.5 Å². The number of benzene rings is 1. The summed E-state index contributed by atoms with van der Waals surface area (Å²) in [7, 11) is 0. The fourth-order valence-electron chi connectivity index (χ4n) is 4.37. The predicted molar refractivity (Wildman–Crippen MR) is 118 cm³/mol. The summed E-state index contributed by atoms with van der Waals surface area (Å²) in [5.74, 6) is -0.933. The van der Waals surface area contributed by atoms with E-state index >= 15 is 0 Å². The largest absolute Gasteiger partial charge is 0.465 e. The van der Waals surface area contributed by atoms with Gasteiger partial charge in [-0.2, -0.15) is 9.49 Å². The highest BCUT2D eigenvalue weighted by Gasteiger charge is 2.46. The van der Waals surface area contributed by atoms with Crippen LogP contribution in [0.4, 0.5) is 9.18 Å². The summed E-state index contributed by atoms with van der Waals surface area (Å²) in [6, 6.07) is 8.52. The molecule has 1 aliphatic heterocycles. The van der Waals surface area contributed by atoms with Crippen LogP contribution in [-0.4, -0.2) is 55.8 Å². The van der Waals surface area contributed by atoms with Crippen LogP contribution in [0.25, 0.3) is 22.0 Å². The first-order valence-electron chi connectivity index (χ1n) is 10.5. The van der Waals surface area contributed by atoms with Crippen LogP contribution in [0.1, 0.15) is 44.1 Å². The number of H-pyrrole nitrogens is 1. The molecule has 1 aliphatic rings. The van der Waals surface area contributed by atoms with Crippen molar-refractivity contribution in [2.45, 2.75) is 39.2 Å². The number of carboxylic acid groups (broad SMARTS) is 1. The fourth-order valence-corrected chi connectivity index (χ4v) is 4.37. The van der Waals surface area contributed by atoms with Crippen LogP contribution in [0.2, 0.25) is 0 Å². The maximum atomic E-state index is 14.2. The van der Waals surface area contributed by atoms with Gasteiger partial charge in [-0.1, -0.05) is 26.8 Å². The van der Waals surface area contributed by atoms with Gasteiger partial charge in [-0.05, 0) is 48.1 Å². The monoisotopic (exact) mass is 439 g/mol. The number of piperidine rings is 1. The van der Waals surface area contributed by atoms with Crippen molar-refractivity contribution in [3.05, 3.63) is 48.2 Å². The van der Waals surface area contributed by atoms with E-state index in [1.54, 1.807) is 30.3 Å². The second kappa shape index (κ2) is 7.89. The molecule has 4 rings (SSSR count). The van der Waals surface area contributed by atoms with Gasteiger partial charge in [-0.25, -0.2) is 9.78 Å². The van der Waals surface area contributed by atoms with Crippen molar-refractivity contribution in [3.63, 3.8) is 0 Å². The SMILES string of the molecule is CC(C)(C)C1(NC(=O)c2n[nH]c3ccc(-c4cccnc4F)cc23)CCN(C(=O)O)CC1. The van der Waals surface area contributed by atoms with Crippen molar-refractivity contribution < 1.29 is 19.1 Å². The summed E-state index contributed by atoms with van der Waals surface area (Å²) >= 11 is 0. The Balaban J connectivity index is 1.66. The molecule has 3 aromatic rings. The maximum Gasteiger partial charge on any atom is 0.407 e. The lowest BCUT2D eigenvalue weighted by molar-refractivity contribution is 0.0425. The molecule has 1 fully saturated rings. The third-order valence-corrected chi connectivity index (χ3v) is 6.52. The number of hydrogen-bond acceptors (Lipinski definition) is 4. The Kier molecular flexibility index (Phi) is 5.36. The number of aromatic amines is 1. The molecule has 3 heterocycles. The Morgan fingerprint density at radius 1 is 1.22 bits per heavy atom. The zero-order valence-electron chi connectivity index (χ0n) is 18.3. The number of rotatable bonds is 3. The van der Waals surface area contributed by atoms with E-state index in [1.807, 2.05) is 20.8 Å². The van der Waals surface area contributed by atoms with Gasteiger partial charge in [0.15, 0.2) is 5.69 Å². The number of nitrogens with zero attached hydrogens (tertiary/aromatic N) is 3. The van der Waals surface area contributed by atoms with E-state index in [0.717, 1.165) is 0 Å². The number of fused-ring (bicyclic) bond motifs is 1. The highest BCUT2D eigenvalue weighted by Crippen LogP contribution is 2.39. The van der Waals surface area contributed by atoms with Gasteiger partial charge in [0, 0.05) is 35.8 Å². The van der Waals surface area contributed by atoms with Crippen LogP contribution < -0.4 is 5.32 Å². The van der Waals surface area contributed by atoms with Crippen LogP contribution in [-0.2, 0) is 0 Å². The van der Waals surface area contributed by atoms with E-state index in [4.69, 9.17) is 0 Å². The number of aromatic nitrogens is 3. The van der Waals surface area contributed by atoms with E-state index in [2.05, 4.69) is 20.5 Å². The standard InChI is InChI=1S/C23H26FN5O3/c1-22(2,3)23(8-11-29(12-9-23)21(31)32)26-20(30)18-16-13-14(6-7-17(16)27-28-18)15-5-4-10-25-19(15)24/h4-7,10,13H,8-9,11-12H2,1-3H3,(H,26,30)(H,27,28)(H,31,32). The molecule has 0 saturated carbocycles. The molecular weight excluding hydrogens is 413 g/mol. The first kappa shape index (κ1) is 21.7. The van der Waals surface area contributed by atoms with Crippen LogP contribution >= 0.6 is 0 Å². The van der Waals surface area contributed by atoms with Gasteiger partial charge < -0.3 is 15.3 Å². The first-order valence-corrected chi connectivity index (χ1v) is 10.5. The number of amides is 2. The molecule has 0 radical (unpaired) electrons. The lowest BCUT2D eigenvalue weighted by Gasteiger charge is -2.49. The normalized spacial score (nSPS) is 16.2. The van der Waals surface area contributed by atoms with Gasteiger partial charge in [0.05, 0.1) is 5.52 Å². The fraction of sp³-hybridized carbons (Fsp3) is 0.391. The molecule has 1 aromatic carbocycles. The van der Waals surface area contributed by atoms with E-state index < -0.39 is 17.6 Å². The molecule has 168 valence electrons. The summed E-state index contributed by atoms with van der Waals surface area (Å²) in [5, 5.41) is 20.1. The number of nitrogens with one attached hydrogen (secondary N) is 2. The van der Waals surface area contributed by atoms with Crippen molar-refractivity contribution in [1.29, 1.82) is 0 Å². The Bertz CT molecular complexity index is 1180. The molecular formula is C23H26FN5O3. The Morgan fingerprint density at radius 3 is 2.56 bits per heavy atom. The van der Waals surface area contributed by atoms with Crippen LogP contribution in [0.3, 0.4) is 0 Å². The third-order valence-electron chi connectivity index (χ3n) is 6.52.